The minimum atomic E-state index is 0.0910. The summed E-state index contributed by atoms with van der Waals surface area (Å²) in [5.74, 6) is 0.0910. The first-order chi connectivity index (χ1) is 8.06. The van der Waals surface area contributed by atoms with E-state index in [4.69, 9.17) is 23.2 Å². The van der Waals surface area contributed by atoms with Crippen molar-refractivity contribution in [3.63, 3.8) is 0 Å². The van der Waals surface area contributed by atoms with Gasteiger partial charge in [-0.1, -0.05) is 30.1 Å². The lowest BCUT2D eigenvalue weighted by Gasteiger charge is -2.05. The van der Waals surface area contributed by atoms with Crippen molar-refractivity contribution < 1.29 is 4.79 Å². The molecule has 96 valence electrons. The minimum absolute atomic E-state index is 0.0910. The summed E-state index contributed by atoms with van der Waals surface area (Å²) in [6.07, 6.45) is 2.23. The normalized spacial score (nSPS) is 10.6. The van der Waals surface area contributed by atoms with Crippen LogP contribution >= 0.6 is 23.2 Å². The molecule has 17 heavy (non-hydrogen) atoms. The van der Waals surface area contributed by atoms with Gasteiger partial charge in [0.1, 0.15) is 10.2 Å². The van der Waals surface area contributed by atoms with Crippen LogP contribution in [0, 0.1) is 6.92 Å². The first-order valence-corrected chi connectivity index (χ1v) is 6.47. The van der Waals surface area contributed by atoms with E-state index in [-0.39, 0.29) is 5.91 Å². The SMILES string of the molecule is CCCC(=O)NCCCn1nc(C)c(Cl)c1Cl. The molecule has 1 heterocycles. The van der Waals surface area contributed by atoms with Gasteiger partial charge in [0.15, 0.2) is 0 Å². The molecule has 0 radical (unpaired) electrons. The van der Waals surface area contributed by atoms with Crippen LogP contribution in [-0.2, 0) is 11.3 Å². The van der Waals surface area contributed by atoms with Crippen molar-refractivity contribution in [2.45, 2.75) is 39.7 Å². The molecule has 1 rings (SSSR count). The number of halogens is 2. The van der Waals surface area contributed by atoms with Crippen molar-refractivity contribution in [3.05, 3.63) is 15.9 Å². The van der Waals surface area contributed by atoms with E-state index in [1.807, 2.05) is 13.8 Å². The van der Waals surface area contributed by atoms with Gasteiger partial charge in [-0.25, -0.2) is 0 Å². The molecule has 4 nitrogen and oxygen atoms in total. The number of carbonyl (C=O) groups excluding carboxylic acids is 1. The molecule has 1 N–H and O–H groups in total. The largest absolute Gasteiger partial charge is 0.356 e. The molecule has 0 atom stereocenters. The summed E-state index contributed by atoms with van der Waals surface area (Å²) in [6, 6.07) is 0. The highest BCUT2D eigenvalue weighted by atomic mass is 35.5. The fraction of sp³-hybridized carbons (Fsp3) is 0.636. The lowest BCUT2D eigenvalue weighted by atomic mass is 10.3. The number of aromatic nitrogens is 2. The number of rotatable bonds is 6. The maximum absolute atomic E-state index is 11.2. The molecule has 0 aliphatic carbocycles. The van der Waals surface area contributed by atoms with E-state index < -0.39 is 0 Å². The molecule has 1 aromatic rings. The zero-order valence-electron chi connectivity index (χ0n) is 10.1. The molecule has 0 fully saturated rings. The van der Waals surface area contributed by atoms with Gasteiger partial charge >= 0.3 is 0 Å². The Bertz CT molecular complexity index is 390. The molecule has 0 aliphatic heterocycles. The maximum Gasteiger partial charge on any atom is 0.219 e. The molecule has 0 unspecified atom stereocenters. The maximum atomic E-state index is 11.2. The van der Waals surface area contributed by atoms with Crippen LogP contribution in [0.4, 0.5) is 0 Å². The van der Waals surface area contributed by atoms with E-state index in [0.717, 1.165) is 18.5 Å². The zero-order valence-corrected chi connectivity index (χ0v) is 11.6. The predicted octanol–water partition coefficient (Wildman–Crippen LogP) is 2.80. The fourth-order valence-corrected chi connectivity index (χ4v) is 1.85. The molecule has 0 aromatic carbocycles. The Labute approximate surface area is 111 Å². The van der Waals surface area contributed by atoms with Crippen LogP contribution in [0.1, 0.15) is 31.9 Å². The summed E-state index contributed by atoms with van der Waals surface area (Å²) >= 11 is 11.9. The third-order valence-electron chi connectivity index (χ3n) is 2.34. The van der Waals surface area contributed by atoms with E-state index in [2.05, 4.69) is 10.4 Å². The Balaban J connectivity index is 2.31. The Hall–Kier alpha value is -0.740. The molecule has 0 saturated carbocycles. The quantitative estimate of drug-likeness (QED) is 0.813. The molecule has 0 bridgehead atoms. The van der Waals surface area contributed by atoms with Gasteiger partial charge < -0.3 is 5.32 Å². The topological polar surface area (TPSA) is 46.9 Å². The molecule has 0 aliphatic rings. The van der Waals surface area contributed by atoms with Gasteiger partial charge in [0.2, 0.25) is 5.91 Å². The number of nitrogens with one attached hydrogen (secondary N) is 1. The molecular formula is C11H17Cl2N3O. The van der Waals surface area contributed by atoms with Crippen molar-refractivity contribution in [2.75, 3.05) is 6.54 Å². The van der Waals surface area contributed by atoms with E-state index in [1.165, 1.54) is 0 Å². The molecule has 0 saturated heterocycles. The molecule has 1 aromatic heterocycles. The summed E-state index contributed by atoms with van der Waals surface area (Å²) < 4.78 is 1.66. The van der Waals surface area contributed by atoms with E-state index in [1.54, 1.807) is 4.68 Å². The smallest absolute Gasteiger partial charge is 0.219 e. The third kappa shape index (κ3) is 4.21. The number of hydrogen-bond donors (Lipinski definition) is 1. The van der Waals surface area contributed by atoms with Crippen LogP contribution in [0.15, 0.2) is 0 Å². The van der Waals surface area contributed by atoms with Crippen molar-refractivity contribution >= 4 is 29.1 Å². The van der Waals surface area contributed by atoms with Gasteiger partial charge in [0.05, 0.1) is 5.69 Å². The molecule has 0 spiro atoms. The molecule has 6 heteroatoms. The Morgan fingerprint density at radius 2 is 2.18 bits per heavy atom. The van der Waals surface area contributed by atoms with E-state index >= 15 is 0 Å². The average molecular weight is 278 g/mol. The summed E-state index contributed by atoms with van der Waals surface area (Å²) in [5.41, 5.74) is 0.728. The van der Waals surface area contributed by atoms with Gasteiger partial charge in [-0.3, -0.25) is 9.48 Å². The number of hydrogen-bond acceptors (Lipinski definition) is 2. The monoisotopic (exact) mass is 277 g/mol. The van der Waals surface area contributed by atoms with Crippen molar-refractivity contribution in [2.24, 2.45) is 0 Å². The summed E-state index contributed by atoms with van der Waals surface area (Å²) in [4.78, 5) is 11.2. The molecular weight excluding hydrogens is 261 g/mol. The second kappa shape index (κ2) is 6.87. The summed E-state index contributed by atoms with van der Waals surface area (Å²) in [6.45, 7) is 5.08. The second-order valence-corrected chi connectivity index (χ2v) is 4.60. The minimum Gasteiger partial charge on any atom is -0.356 e. The Morgan fingerprint density at radius 1 is 1.47 bits per heavy atom. The van der Waals surface area contributed by atoms with E-state index in [0.29, 0.717) is 29.7 Å². The average Bonchev–Trinajstić information content (AvgIpc) is 2.53. The Morgan fingerprint density at radius 3 is 2.71 bits per heavy atom. The van der Waals surface area contributed by atoms with Crippen molar-refractivity contribution in [3.8, 4) is 0 Å². The van der Waals surface area contributed by atoms with Gasteiger partial charge in [-0.15, -0.1) is 0 Å². The van der Waals surface area contributed by atoms with Crippen LogP contribution in [0.2, 0.25) is 10.2 Å². The number of aryl methyl sites for hydroxylation is 2. The molecule has 1 amide bonds. The number of nitrogens with zero attached hydrogens (tertiary/aromatic N) is 2. The summed E-state index contributed by atoms with van der Waals surface area (Å²) in [5, 5.41) is 8.01. The second-order valence-electron chi connectivity index (χ2n) is 3.87. The van der Waals surface area contributed by atoms with Gasteiger partial charge in [0, 0.05) is 19.5 Å². The van der Waals surface area contributed by atoms with Crippen LogP contribution in [-0.4, -0.2) is 22.2 Å². The number of carbonyl (C=O) groups is 1. The van der Waals surface area contributed by atoms with E-state index in [9.17, 15) is 4.79 Å². The third-order valence-corrected chi connectivity index (χ3v) is 3.28. The van der Waals surface area contributed by atoms with Crippen LogP contribution in [0.3, 0.4) is 0 Å². The highest BCUT2D eigenvalue weighted by molar-refractivity contribution is 6.41. The van der Waals surface area contributed by atoms with Gasteiger partial charge in [0.25, 0.3) is 0 Å². The van der Waals surface area contributed by atoms with Gasteiger partial charge in [-0.2, -0.15) is 5.10 Å². The Kier molecular flexibility index (Phi) is 5.78. The first kappa shape index (κ1) is 14.3. The highest BCUT2D eigenvalue weighted by Gasteiger charge is 2.10. The van der Waals surface area contributed by atoms with Crippen LogP contribution in [0.5, 0.6) is 0 Å². The lowest BCUT2D eigenvalue weighted by Crippen LogP contribution is -2.24. The fourth-order valence-electron chi connectivity index (χ4n) is 1.45. The lowest BCUT2D eigenvalue weighted by molar-refractivity contribution is -0.121. The van der Waals surface area contributed by atoms with Crippen molar-refractivity contribution in [1.82, 2.24) is 15.1 Å². The zero-order chi connectivity index (χ0) is 12.8. The summed E-state index contributed by atoms with van der Waals surface area (Å²) in [7, 11) is 0. The standard InChI is InChI=1S/C11H17Cl2N3O/c1-3-5-9(17)14-6-4-7-16-11(13)10(12)8(2)15-16/h3-7H2,1-2H3,(H,14,17). The highest BCUT2D eigenvalue weighted by Crippen LogP contribution is 2.24. The van der Waals surface area contributed by atoms with Crippen LogP contribution < -0.4 is 5.32 Å². The number of amides is 1. The van der Waals surface area contributed by atoms with Gasteiger partial charge in [-0.05, 0) is 19.8 Å². The first-order valence-electron chi connectivity index (χ1n) is 5.71. The van der Waals surface area contributed by atoms with Crippen molar-refractivity contribution in [1.29, 1.82) is 0 Å². The predicted molar refractivity (Wildman–Crippen MR) is 69.5 cm³/mol. The van der Waals surface area contributed by atoms with Crippen LogP contribution in [0.25, 0.3) is 0 Å².